The molecule has 1 rings (SSSR count). The molecule has 1 aromatic carbocycles. The fourth-order valence-electron chi connectivity index (χ4n) is 0.796. The molecule has 0 aliphatic rings. The molecule has 0 saturated heterocycles. The molecule has 0 fully saturated rings. The minimum absolute atomic E-state index is 0. The standard InChI is InChI=1S/C9H10NO.W/c1-8(11)10(2)9-6-4-3-5-7-9;/h3-7H,1H2,2H3;/q-1;. The third-order valence-corrected chi connectivity index (χ3v) is 1.52. The Morgan fingerprint density at radius 2 is 1.83 bits per heavy atom. The first-order valence-electron chi connectivity index (χ1n) is 3.36. The van der Waals surface area contributed by atoms with E-state index in [1.807, 2.05) is 30.3 Å². The molecule has 0 aromatic heterocycles. The predicted octanol–water partition coefficient (Wildman–Crippen LogP) is 1.48. The van der Waals surface area contributed by atoms with Crippen LogP contribution in [-0.2, 0) is 25.9 Å². The van der Waals surface area contributed by atoms with Crippen molar-refractivity contribution in [2.24, 2.45) is 0 Å². The average Bonchev–Trinajstić information content (AvgIpc) is 2.05. The Labute approximate surface area is 86.8 Å². The van der Waals surface area contributed by atoms with Crippen molar-refractivity contribution >= 4 is 11.6 Å². The van der Waals surface area contributed by atoms with Gasteiger partial charge < -0.3 is 16.6 Å². The number of hydrogen-bond donors (Lipinski definition) is 0. The molecule has 0 atom stereocenters. The van der Waals surface area contributed by atoms with E-state index < -0.39 is 0 Å². The van der Waals surface area contributed by atoms with Gasteiger partial charge in [0.2, 0.25) is 0 Å². The summed E-state index contributed by atoms with van der Waals surface area (Å²) in [7, 11) is 1.70. The molecule has 0 saturated carbocycles. The zero-order valence-corrected chi connectivity index (χ0v) is 9.79. The van der Waals surface area contributed by atoms with E-state index >= 15 is 0 Å². The Morgan fingerprint density at radius 3 is 2.25 bits per heavy atom. The van der Waals surface area contributed by atoms with E-state index in [-0.39, 0.29) is 27.0 Å². The van der Waals surface area contributed by atoms with Crippen molar-refractivity contribution in [1.29, 1.82) is 0 Å². The van der Waals surface area contributed by atoms with Gasteiger partial charge in [0.1, 0.15) is 0 Å². The summed E-state index contributed by atoms with van der Waals surface area (Å²) >= 11 is 0. The molecule has 1 amide bonds. The van der Waals surface area contributed by atoms with Crippen molar-refractivity contribution in [3.63, 3.8) is 0 Å². The van der Waals surface area contributed by atoms with Crippen LogP contribution in [0.25, 0.3) is 0 Å². The zero-order valence-electron chi connectivity index (χ0n) is 6.86. The van der Waals surface area contributed by atoms with E-state index in [0.717, 1.165) is 5.69 Å². The SMILES string of the molecule is [CH2-]C(=O)N(C)c1ccccc1.[W]. The van der Waals surface area contributed by atoms with Gasteiger partial charge >= 0.3 is 0 Å². The van der Waals surface area contributed by atoms with Crippen LogP contribution in [0.3, 0.4) is 0 Å². The first kappa shape index (κ1) is 11.2. The molecular weight excluding hydrogens is 322 g/mol. The minimum Gasteiger partial charge on any atom is -0.341 e. The maximum absolute atomic E-state index is 10.8. The van der Waals surface area contributed by atoms with Crippen molar-refractivity contribution in [2.75, 3.05) is 11.9 Å². The van der Waals surface area contributed by atoms with Gasteiger partial charge in [0.05, 0.1) is 5.91 Å². The van der Waals surface area contributed by atoms with E-state index in [1.54, 1.807) is 7.05 Å². The normalized spacial score (nSPS) is 8.42. The van der Waals surface area contributed by atoms with E-state index in [9.17, 15) is 4.79 Å². The van der Waals surface area contributed by atoms with Crippen LogP contribution >= 0.6 is 0 Å². The second-order valence-electron chi connectivity index (χ2n) is 2.29. The van der Waals surface area contributed by atoms with E-state index in [4.69, 9.17) is 0 Å². The molecule has 3 heteroatoms. The number of benzene rings is 1. The van der Waals surface area contributed by atoms with Gasteiger partial charge in [-0.05, 0) is 12.1 Å². The first-order valence-corrected chi connectivity index (χ1v) is 3.36. The van der Waals surface area contributed by atoms with E-state index in [1.165, 1.54) is 4.90 Å². The van der Waals surface area contributed by atoms with Crippen LogP contribution in [0.1, 0.15) is 0 Å². The number of carbonyl (C=O) groups excluding carboxylic acids is 1. The number of para-hydroxylation sites is 1. The van der Waals surface area contributed by atoms with Crippen molar-refractivity contribution in [3.8, 4) is 0 Å². The number of anilines is 1. The molecule has 0 N–H and O–H groups in total. The van der Waals surface area contributed by atoms with Crippen molar-refractivity contribution in [1.82, 2.24) is 0 Å². The summed E-state index contributed by atoms with van der Waals surface area (Å²) in [6.45, 7) is 3.30. The molecule has 0 aliphatic carbocycles. The van der Waals surface area contributed by atoms with Crippen molar-refractivity contribution < 1.29 is 25.9 Å². The molecule has 0 heterocycles. The van der Waals surface area contributed by atoms with Gasteiger partial charge in [-0.1, -0.05) is 18.2 Å². The number of rotatable bonds is 1. The third-order valence-electron chi connectivity index (χ3n) is 1.52. The van der Waals surface area contributed by atoms with Crippen LogP contribution in [0.5, 0.6) is 0 Å². The number of amides is 1. The summed E-state index contributed by atoms with van der Waals surface area (Å²) in [4.78, 5) is 12.3. The maximum Gasteiger partial charge on any atom is 0.0864 e. The summed E-state index contributed by atoms with van der Waals surface area (Å²) in [6.07, 6.45) is 0. The second kappa shape index (κ2) is 4.99. The number of hydrogen-bond acceptors (Lipinski definition) is 1. The van der Waals surface area contributed by atoms with Gasteiger partial charge in [0, 0.05) is 33.8 Å². The smallest absolute Gasteiger partial charge is 0.0864 e. The molecule has 0 unspecified atom stereocenters. The monoisotopic (exact) mass is 332 g/mol. The van der Waals surface area contributed by atoms with Gasteiger partial charge in [-0.25, -0.2) is 0 Å². The maximum atomic E-state index is 10.8. The van der Waals surface area contributed by atoms with Crippen LogP contribution < -0.4 is 4.90 Å². The largest absolute Gasteiger partial charge is 0.341 e. The van der Waals surface area contributed by atoms with Crippen LogP contribution in [0, 0.1) is 6.92 Å². The number of nitrogens with zero attached hydrogens (tertiary/aromatic N) is 1. The Kier molecular flexibility index (Phi) is 4.68. The quantitative estimate of drug-likeness (QED) is 0.714. The van der Waals surface area contributed by atoms with Crippen LogP contribution in [-0.4, -0.2) is 13.0 Å². The zero-order chi connectivity index (χ0) is 8.27. The van der Waals surface area contributed by atoms with E-state index in [0.29, 0.717) is 0 Å². The molecule has 12 heavy (non-hydrogen) atoms. The summed E-state index contributed by atoms with van der Waals surface area (Å²) < 4.78 is 0. The van der Waals surface area contributed by atoms with Gasteiger partial charge in [0.15, 0.2) is 0 Å². The Balaban J connectivity index is 0.00000121. The Hall–Kier alpha value is -0.752. The summed E-state index contributed by atoms with van der Waals surface area (Å²) in [5.41, 5.74) is 0.868. The predicted molar refractivity (Wildman–Crippen MR) is 45.2 cm³/mol. The van der Waals surface area contributed by atoms with Crippen molar-refractivity contribution in [2.45, 2.75) is 0 Å². The van der Waals surface area contributed by atoms with Gasteiger partial charge in [-0.2, -0.15) is 0 Å². The molecule has 64 valence electrons. The average molecular weight is 332 g/mol. The molecule has 0 spiro atoms. The van der Waals surface area contributed by atoms with Crippen LogP contribution in [0.2, 0.25) is 0 Å². The number of carbonyl (C=O) groups is 1. The van der Waals surface area contributed by atoms with Crippen LogP contribution in [0.15, 0.2) is 30.3 Å². The summed E-state index contributed by atoms with van der Waals surface area (Å²) in [5, 5.41) is 0. The fourth-order valence-corrected chi connectivity index (χ4v) is 0.796. The first-order chi connectivity index (χ1) is 5.22. The Morgan fingerprint density at radius 1 is 1.33 bits per heavy atom. The molecule has 0 bridgehead atoms. The summed E-state index contributed by atoms with van der Waals surface area (Å²) in [5.74, 6) is -0.198. The summed E-state index contributed by atoms with van der Waals surface area (Å²) in [6, 6.07) is 9.40. The molecule has 2 nitrogen and oxygen atoms in total. The van der Waals surface area contributed by atoms with Gasteiger partial charge in [-0.3, -0.25) is 0 Å². The van der Waals surface area contributed by atoms with Gasteiger partial charge in [0.25, 0.3) is 0 Å². The van der Waals surface area contributed by atoms with E-state index in [2.05, 4.69) is 6.92 Å². The Bertz CT molecular complexity index is 248. The third kappa shape index (κ3) is 2.71. The molecule has 0 aliphatic heterocycles. The molecular formula is C9H10NOW-. The van der Waals surface area contributed by atoms with Crippen molar-refractivity contribution in [3.05, 3.63) is 37.3 Å². The van der Waals surface area contributed by atoms with Crippen LogP contribution in [0.4, 0.5) is 5.69 Å². The second-order valence-corrected chi connectivity index (χ2v) is 2.29. The van der Waals surface area contributed by atoms with Gasteiger partial charge in [-0.15, -0.1) is 0 Å². The molecule has 1 aromatic rings. The fraction of sp³-hybridized carbons (Fsp3) is 0.111. The molecule has 0 radical (unpaired) electrons. The minimum atomic E-state index is -0.198. The topological polar surface area (TPSA) is 20.3 Å².